The molecular formula is C15H34O2Si. The Labute approximate surface area is 116 Å². The van der Waals surface area contributed by atoms with Gasteiger partial charge in [-0.1, -0.05) is 47.0 Å². The first kappa shape index (κ1) is 18.1. The Hall–Kier alpha value is 0.137. The summed E-state index contributed by atoms with van der Waals surface area (Å²) in [6, 6.07) is 1.11. The average Bonchev–Trinajstić information content (AvgIpc) is 2.35. The molecule has 1 unspecified atom stereocenters. The van der Waals surface area contributed by atoms with Gasteiger partial charge in [-0.05, 0) is 38.8 Å². The van der Waals surface area contributed by atoms with Gasteiger partial charge in [0.15, 0.2) is 0 Å². The molecule has 0 aliphatic heterocycles. The van der Waals surface area contributed by atoms with Gasteiger partial charge < -0.3 is 8.85 Å². The summed E-state index contributed by atoms with van der Waals surface area (Å²) in [5, 5.41) is 0. The van der Waals surface area contributed by atoms with Gasteiger partial charge >= 0.3 is 8.56 Å². The van der Waals surface area contributed by atoms with Crippen molar-refractivity contribution in [3.8, 4) is 0 Å². The van der Waals surface area contributed by atoms with Crippen molar-refractivity contribution >= 4 is 8.56 Å². The smallest absolute Gasteiger partial charge is 0.335 e. The van der Waals surface area contributed by atoms with Crippen molar-refractivity contribution < 1.29 is 8.85 Å². The molecule has 0 aliphatic rings. The molecule has 0 N–H and O–H groups in total. The fourth-order valence-corrected chi connectivity index (χ4v) is 5.80. The van der Waals surface area contributed by atoms with E-state index in [1.807, 2.05) is 0 Å². The third kappa shape index (κ3) is 5.85. The highest BCUT2D eigenvalue weighted by atomic mass is 28.4. The first-order valence-corrected chi connectivity index (χ1v) is 10.4. The second-order valence-electron chi connectivity index (χ2n) is 5.41. The molecule has 0 radical (unpaired) electrons. The maximum Gasteiger partial charge on any atom is 0.335 e. The summed E-state index contributed by atoms with van der Waals surface area (Å²) in [4.78, 5) is 0. The van der Waals surface area contributed by atoms with Crippen molar-refractivity contribution in [1.29, 1.82) is 0 Å². The molecule has 3 heteroatoms. The molecule has 18 heavy (non-hydrogen) atoms. The van der Waals surface area contributed by atoms with Crippen molar-refractivity contribution in [1.82, 2.24) is 0 Å². The first-order chi connectivity index (χ1) is 8.51. The molecule has 0 aromatic carbocycles. The molecule has 0 fully saturated rings. The highest BCUT2D eigenvalue weighted by molar-refractivity contribution is 6.66. The Balaban J connectivity index is 4.78. The van der Waals surface area contributed by atoms with Crippen LogP contribution in [0.2, 0.25) is 12.6 Å². The molecule has 0 rings (SSSR count). The zero-order valence-electron chi connectivity index (χ0n) is 13.5. The van der Waals surface area contributed by atoms with Gasteiger partial charge in [-0.25, -0.2) is 0 Å². The van der Waals surface area contributed by atoms with Crippen LogP contribution in [0.4, 0.5) is 0 Å². The van der Waals surface area contributed by atoms with Crippen molar-refractivity contribution in [3.05, 3.63) is 0 Å². The molecule has 0 bridgehead atoms. The predicted molar refractivity (Wildman–Crippen MR) is 82.3 cm³/mol. The molecule has 0 heterocycles. The highest BCUT2D eigenvalue weighted by Gasteiger charge is 2.39. The van der Waals surface area contributed by atoms with E-state index in [9.17, 15) is 0 Å². The van der Waals surface area contributed by atoms with Crippen molar-refractivity contribution in [2.24, 2.45) is 0 Å². The summed E-state index contributed by atoms with van der Waals surface area (Å²) in [5.74, 6) is 0. The van der Waals surface area contributed by atoms with Crippen LogP contribution in [0, 0.1) is 0 Å². The van der Waals surface area contributed by atoms with Crippen LogP contribution in [0.25, 0.3) is 0 Å². The average molecular weight is 275 g/mol. The molecule has 1 atom stereocenters. The van der Waals surface area contributed by atoms with Crippen molar-refractivity contribution in [3.63, 3.8) is 0 Å². The summed E-state index contributed by atoms with van der Waals surface area (Å²) >= 11 is 0. The van der Waals surface area contributed by atoms with Gasteiger partial charge in [0.1, 0.15) is 0 Å². The van der Waals surface area contributed by atoms with Gasteiger partial charge in [-0.15, -0.1) is 0 Å². The third-order valence-corrected chi connectivity index (χ3v) is 7.03. The molecule has 2 nitrogen and oxygen atoms in total. The predicted octanol–water partition coefficient (Wildman–Crippen LogP) is 5.27. The largest absolute Gasteiger partial charge is 0.395 e. The van der Waals surface area contributed by atoms with Crippen LogP contribution in [0.3, 0.4) is 0 Å². The summed E-state index contributed by atoms with van der Waals surface area (Å²) in [6.45, 7) is 14.1. The second-order valence-corrected chi connectivity index (χ2v) is 8.67. The maximum atomic E-state index is 6.62. The number of unbranched alkanes of at least 4 members (excludes halogenated alkanes) is 1. The molecule has 0 saturated carbocycles. The Bertz CT molecular complexity index is 197. The molecule has 0 aliphatic carbocycles. The molecule has 0 aromatic rings. The van der Waals surface area contributed by atoms with Crippen molar-refractivity contribution in [2.75, 3.05) is 6.61 Å². The zero-order valence-corrected chi connectivity index (χ0v) is 14.5. The van der Waals surface area contributed by atoms with Crippen molar-refractivity contribution in [2.45, 2.75) is 91.3 Å². The summed E-state index contributed by atoms with van der Waals surface area (Å²) in [6.07, 6.45) is 7.03. The van der Waals surface area contributed by atoms with Crippen LogP contribution in [0.15, 0.2) is 0 Å². The van der Waals surface area contributed by atoms with Crippen LogP contribution in [0.1, 0.15) is 73.1 Å². The molecule has 110 valence electrons. The topological polar surface area (TPSA) is 18.5 Å². The third-order valence-electron chi connectivity index (χ3n) is 3.86. The molecule has 0 saturated heterocycles. The monoisotopic (exact) mass is 274 g/mol. The summed E-state index contributed by atoms with van der Waals surface area (Å²) in [7, 11) is -1.98. The van der Waals surface area contributed by atoms with Crippen LogP contribution >= 0.6 is 0 Å². The van der Waals surface area contributed by atoms with E-state index in [-0.39, 0.29) is 5.60 Å². The zero-order chi connectivity index (χ0) is 14.1. The quantitative estimate of drug-likeness (QED) is 0.478. The van der Waals surface area contributed by atoms with Gasteiger partial charge in [0.2, 0.25) is 0 Å². The van der Waals surface area contributed by atoms with E-state index in [0.29, 0.717) is 0 Å². The highest BCUT2D eigenvalue weighted by Crippen LogP contribution is 2.33. The van der Waals surface area contributed by atoms with Gasteiger partial charge in [-0.2, -0.15) is 0 Å². The van der Waals surface area contributed by atoms with E-state index >= 15 is 0 Å². The SMILES string of the molecule is CCCCC(CC)(CC)O[Si](C)(CCC)OCC. The molecular weight excluding hydrogens is 240 g/mol. The number of hydrogen-bond donors (Lipinski definition) is 0. The van der Waals surface area contributed by atoms with Crippen LogP contribution < -0.4 is 0 Å². The Morgan fingerprint density at radius 2 is 1.56 bits per heavy atom. The minimum Gasteiger partial charge on any atom is -0.395 e. The van der Waals surface area contributed by atoms with E-state index < -0.39 is 8.56 Å². The Morgan fingerprint density at radius 3 is 1.94 bits per heavy atom. The first-order valence-electron chi connectivity index (χ1n) is 7.85. The summed E-state index contributed by atoms with van der Waals surface area (Å²) in [5.41, 5.74) is 0.0569. The second kappa shape index (κ2) is 9.11. The molecule has 0 aromatic heterocycles. The van der Waals surface area contributed by atoms with E-state index in [2.05, 4.69) is 41.2 Å². The minimum absolute atomic E-state index is 0.0569. The Morgan fingerprint density at radius 1 is 0.944 bits per heavy atom. The van der Waals surface area contributed by atoms with E-state index in [4.69, 9.17) is 8.85 Å². The lowest BCUT2D eigenvalue weighted by molar-refractivity contribution is 0.00661. The standard InChI is InChI=1S/C15H34O2Si/c1-7-12-13-15(9-3,10-4)17-18(6,14-8-2)16-11-5/h7-14H2,1-6H3. The van der Waals surface area contributed by atoms with Crippen LogP contribution in [0.5, 0.6) is 0 Å². The van der Waals surface area contributed by atoms with Crippen LogP contribution in [-0.2, 0) is 8.85 Å². The maximum absolute atomic E-state index is 6.62. The van der Waals surface area contributed by atoms with E-state index in [1.165, 1.54) is 19.3 Å². The number of rotatable bonds is 11. The molecule has 0 amide bonds. The van der Waals surface area contributed by atoms with E-state index in [1.54, 1.807) is 0 Å². The summed E-state index contributed by atoms with van der Waals surface area (Å²) < 4.78 is 12.6. The van der Waals surface area contributed by atoms with E-state index in [0.717, 1.165) is 31.9 Å². The fourth-order valence-electron chi connectivity index (χ4n) is 2.67. The van der Waals surface area contributed by atoms with Crippen LogP contribution in [-0.4, -0.2) is 20.8 Å². The van der Waals surface area contributed by atoms with Gasteiger partial charge in [0, 0.05) is 6.61 Å². The molecule has 0 spiro atoms. The minimum atomic E-state index is -1.98. The normalized spacial score (nSPS) is 15.7. The van der Waals surface area contributed by atoms with Gasteiger partial charge in [0.05, 0.1) is 5.60 Å². The Kier molecular flexibility index (Phi) is 9.18. The lowest BCUT2D eigenvalue weighted by Gasteiger charge is -2.40. The van der Waals surface area contributed by atoms with Gasteiger partial charge in [0.25, 0.3) is 0 Å². The fraction of sp³-hybridized carbons (Fsp3) is 1.00. The lowest BCUT2D eigenvalue weighted by atomic mass is 9.91. The lowest BCUT2D eigenvalue weighted by Crippen LogP contribution is -2.48. The number of hydrogen-bond acceptors (Lipinski definition) is 2. The van der Waals surface area contributed by atoms with Gasteiger partial charge in [-0.3, -0.25) is 0 Å².